The quantitative estimate of drug-likeness (QED) is 0.408. The van der Waals surface area contributed by atoms with Crippen LogP contribution in [0.15, 0.2) is 90.7 Å². The number of allylic oxidation sites excluding steroid dienone is 1. The van der Waals surface area contributed by atoms with Crippen LogP contribution in [0.5, 0.6) is 5.75 Å². The molecule has 7 heteroatoms. The highest BCUT2D eigenvalue weighted by atomic mass is 16.5. The maximum absolute atomic E-state index is 13.3. The SMILES string of the molecule is CCCOc1cccc(C2C(C(=O)C=Cc3ccccc3)=C(O)C(=O)N2CCCn2ccnc2)c1. The molecule has 1 unspecified atom stereocenters. The highest BCUT2D eigenvalue weighted by Gasteiger charge is 2.42. The molecule has 1 aliphatic heterocycles. The first-order chi connectivity index (χ1) is 17.1. The van der Waals surface area contributed by atoms with E-state index in [1.54, 1.807) is 23.5 Å². The number of aromatic nitrogens is 2. The third-order valence-electron chi connectivity index (χ3n) is 5.82. The lowest BCUT2D eigenvalue weighted by Crippen LogP contribution is -2.32. The van der Waals surface area contributed by atoms with Crippen molar-refractivity contribution in [3.8, 4) is 5.75 Å². The Kier molecular flexibility index (Phi) is 7.77. The first kappa shape index (κ1) is 24.0. The molecule has 1 N–H and O–H groups in total. The molecule has 180 valence electrons. The fraction of sp³-hybridized carbons (Fsp3) is 0.250. The zero-order chi connectivity index (χ0) is 24.6. The van der Waals surface area contributed by atoms with E-state index in [4.69, 9.17) is 4.74 Å². The molecule has 2 aromatic carbocycles. The van der Waals surface area contributed by atoms with Crippen molar-refractivity contribution in [3.05, 3.63) is 102 Å². The summed E-state index contributed by atoms with van der Waals surface area (Å²) in [5.74, 6) is -0.785. The summed E-state index contributed by atoms with van der Waals surface area (Å²) in [6.07, 6.45) is 9.88. The van der Waals surface area contributed by atoms with E-state index in [9.17, 15) is 14.7 Å². The van der Waals surface area contributed by atoms with Crippen molar-refractivity contribution in [2.75, 3.05) is 13.2 Å². The number of amides is 1. The van der Waals surface area contributed by atoms with Gasteiger partial charge in [0, 0.05) is 25.5 Å². The predicted molar refractivity (Wildman–Crippen MR) is 134 cm³/mol. The fourth-order valence-electron chi connectivity index (χ4n) is 4.15. The van der Waals surface area contributed by atoms with Crippen LogP contribution in [0, 0.1) is 0 Å². The Labute approximate surface area is 205 Å². The first-order valence-corrected chi connectivity index (χ1v) is 11.8. The molecular weight excluding hydrogens is 442 g/mol. The molecule has 4 rings (SSSR count). The fourth-order valence-corrected chi connectivity index (χ4v) is 4.15. The molecule has 0 saturated carbocycles. The monoisotopic (exact) mass is 471 g/mol. The van der Waals surface area contributed by atoms with Crippen molar-refractivity contribution in [1.29, 1.82) is 0 Å². The molecule has 0 spiro atoms. The van der Waals surface area contributed by atoms with Crippen molar-refractivity contribution < 1.29 is 19.4 Å². The highest BCUT2D eigenvalue weighted by Crippen LogP contribution is 2.39. The molecule has 3 aromatic rings. The zero-order valence-electron chi connectivity index (χ0n) is 19.7. The van der Waals surface area contributed by atoms with Gasteiger partial charge in [-0.3, -0.25) is 9.59 Å². The number of carbonyl (C=O) groups is 2. The molecule has 0 fully saturated rings. The Morgan fingerprint density at radius 3 is 2.71 bits per heavy atom. The van der Waals surface area contributed by atoms with Crippen LogP contribution in [0.2, 0.25) is 0 Å². The van der Waals surface area contributed by atoms with Gasteiger partial charge in [-0.2, -0.15) is 0 Å². The van der Waals surface area contributed by atoms with Crippen molar-refractivity contribution in [1.82, 2.24) is 14.5 Å². The number of ketones is 1. The van der Waals surface area contributed by atoms with Crippen LogP contribution in [-0.4, -0.2) is 44.4 Å². The zero-order valence-corrected chi connectivity index (χ0v) is 19.7. The lowest BCUT2D eigenvalue weighted by atomic mass is 9.95. The summed E-state index contributed by atoms with van der Waals surface area (Å²) in [4.78, 5) is 32.0. The second-order valence-electron chi connectivity index (χ2n) is 8.35. The highest BCUT2D eigenvalue weighted by molar-refractivity contribution is 6.14. The van der Waals surface area contributed by atoms with Crippen molar-refractivity contribution in [2.45, 2.75) is 32.4 Å². The molecule has 0 radical (unpaired) electrons. The van der Waals surface area contributed by atoms with Gasteiger partial charge in [0.2, 0.25) is 0 Å². The second-order valence-corrected chi connectivity index (χ2v) is 8.35. The van der Waals surface area contributed by atoms with Crippen molar-refractivity contribution in [3.63, 3.8) is 0 Å². The Hall–Kier alpha value is -4.13. The van der Waals surface area contributed by atoms with E-state index in [-0.39, 0.29) is 5.57 Å². The van der Waals surface area contributed by atoms with Gasteiger partial charge in [-0.15, -0.1) is 0 Å². The lowest BCUT2D eigenvalue weighted by Gasteiger charge is -2.27. The molecule has 1 amide bonds. The standard InChI is InChI=1S/C28H29N3O4/c1-2-18-35-23-11-6-10-22(19-23)26-25(24(32)13-12-21-8-4-3-5-9-21)27(33)28(34)31(26)16-7-15-30-17-14-29-20-30/h3-6,8-14,17,19-20,26,33H,2,7,15-16,18H2,1H3. The molecule has 1 aromatic heterocycles. The van der Waals surface area contributed by atoms with Gasteiger partial charge < -0.3 is 19.3 Å². The molecule has 1 atom stereocenters. The average Bonchev–Trinajstić information content (AvgIpc) is 3.49. The van der Waals surface area contributed by atoms with Crippen LogP contribution in [-0.2, 0) is 16.1 Å². The number of ether oxygens (including phenoxy) is 1. The van der Waals surface area contributed by atoms with Crippen molar-refractivity contribution in [2.24, 2.45) is 0 Å². The largest absolute Gasteiger partial charge is 0.503 e. The number of aliphatic hydroxyl groups excluding tert-OH is 1. The van der Waals surface area contributed by atoms with Gasteiger partial charge in [-0.25, -0.2) is 4.98 Å². The number of nitrogens with zero attached hydrogens (tertiary/aromatic N) is 3. The van der Waals surface area contributed by atoms with E-state index in [1.165, 1.54) is 6.08 Å². The minimum absolute atomic E-state index is 0.0810. The minimum atomic E-state index is -0.705. The average molecular weight is 472 g/mol. The summed E-state index contributed by atoms with van der Waals surface area (Å²) in [5.41, 5.74) is 1.65. The number of aryl methyl sites for hydroxylation is 1. The molecule has 2 heterocycles. The third-order valence-corrected chi connectivity index (χ3v) is 5.82. The lowest BCUT2D eigenvalue weighted by molar-refractivity contribution is -0.129. The Bertz CT molecular complexity index is 1220. The molecule has 1 aliphatic rings. The molecule has 0 saturated heterocycles. The van der Waals surface area contributed by atoms with Gasteiger partial charge in [0.1, 0.15) is 5.75 Å². The predicted octanol–water partition coefficient (Wildman–Crippen LogP) is 4.74. The second kappa shape index (κ2) is 11.3. The summed E-state index contributed by atoms with van der Waals surface area (Å²) in [7, 11) is 0. The molecule has 0 bridgehead atoms. The number of carbonyl (C=O) groups excluding carboxylic acids is 2. The van der Waals surface area contributed by atoms with Crippen LogP contribution in [0.25, 0.3) is 6.08 Å². The van der Waals surface area contributed by atoms with E-state index < -0.39 is 23.5 Å². The maximum Gasteiger partial charge on any atom is 0.290 e. The molecular formula is C28H29N3O4. The Balaban J connectivity index is 1.63. The van der Waals surface area contributed by atoms with Gasteiger partial charge in [0.15, 0.2) is 11.5 Å². The topological polar surface area (TPSA) is 84.7 Å². The van der Waals surface area contributed by atoms with Crippen LogP contribution < -0.4 is 4.74 Å². The summed E-state index contributed by atoms with van der Waals surface area (Å²) in [6, 6.07) is 16.1. The number of hydrogen-bond donors (Lipinski definition) is 1. The molecule has 35 heavy (non-hydrogen) atoms. The van der Waals surface area contributed by atoms with E-state index in [0.29, 0.717) is 31.9 Å². The number of hydrogen-bond acceptors (Lipinski definition) is 5. The van der Waals surface area contributed by atoms with Gasteiger partial charge in [0.25, 0.3) is 5.91 Å². The first-order valence-electron chi connectivity index (χ1n) is 11.8. The number of imidazole rings is 1. The van der Waals surface area contributed by atoms with E-state index >= 15 is 0 Å². The molecule has 7 nitrogen and oxygen atoms in total. The minimum Gasteiger partial charge on any atom is -0.503 e. The van der Waals surface area contributed by atoms with Gasteiger partial charge >= 0.3 is 0 Å². The Morgan fingerprint density at radius 2 is 1.97 bits per heavy atom. The van der Waals surface area contributed by atoms with Crippen LogP contribution >= 0.6 is 0 Å². The normalized spacial score (nSPS) is 15.9. The summed E-state index contributed by atoms with van der Waals surface area (Å²) < 4.78 is 7.71. The summed E-state index contributed by atoms with van der Waals surface area (Å²) in [6.45, 7) is 3.62. The maximum atomic E-state index is 13.3. The summed E-state index contributed by atoms with van der Waals surface area (Å²) >= 11 is 0. The van der Waals surface area contributed by atoms with Crippen molar-refractivity contribution >= 4 is 17.8 Å². The number of rotatable bonds is 11. The smallest absolute Gasteiger partial charge is 0.290 e. The van der Waals surface area contributed by atoms with Crippen LogP contribution in [0.3, 0.4) is 0 Å². The summed E-state index contributed by atoms with van der Waals surface area (Å²) in [5, 5.41) is 10.8. The molecule has 0 aliphatic carbocycles. The van der Waals surface area contributed by atoms with Crippen LogP contribution in [0.4, 0.5) is 0 Å². The Morgan fingerprint density at radius 1 is 1.14 bits per heavy atom. The van der Waals surface area contributed by atoms with Gasteiger partial charge in [-0.1, -0.05) is 55.5 Å². The number of aliphatic hydroxyl groups is 1. The van der Waals surface area contributed by atoms with Crippen LogP contribution in [0.1, 0.15) is 36.9 Å². The van der Waals surface area contributed by atoms with E-state index in [2.05, 4.69) is 4.98 Å². The third kappa shape index (κ3) is 5.69. The van der Waals surface area contributed by atoms with E-state index in [1.807, 2.05) is 72.3 Å². The van der Waals surface area contributed by atoms with E-state index in [0.717, 1.165) is 17.5 Å². The van der Waals surface area contributed by atoms with Gasteiger partial charge in [0.05, 0.1) is 24.5 Å². The number of benzene rings is 2. The van der Waals surface area contributed by atoms with Gasteiger partial charge in [-0.05, 0) is 42.2 Å².